The van der Waals surface area contributed by atoms with Gasteiger partial charge < -0.3 is 40.3 Å². The number of nitrogens with one attached hydrogen (secondary N) is 1. The van der Waals surface area contributed by atoms with E-state index >= 15 is 0 Å². The molecule has 9 nitrogen and oxygen atoms in total. The first-order valence-corrected chi connectivity index (χ1v) is 31.2. The average molecular weight is 997 g/mol. The molecule has 1 amide bonds. The number of amides is 1. The molecule has 1 heterocycles. The van der Waals surface area contributed by atoms with Crippen molar-refractivity contribution in [1.29, 1.82) is 0 Å². The van der Waals surface area contributed by atoms with Gasteiger partial charge in [0.2, 0.25) is 5.91 Å². The Labute approximate surface area is 434 Å². The van der Waals surface area contributed by atoms with Crippen LogP contribution in [0.4, 0.5) is 0 Å². The molecule has 1 saturated heterocycles. The molecule has 6 N–H and O–H groups in total. The van der Waals surface area contributed by atoms with E-state index < -0.39 is 49.5 Å². The van der Waals surface area contributed by atoms with E-state index in [0.29, 0.717) is 12.8 Å². The number of carbonyl (C=O) groups excluding carboxylic acids is 1. The van der Waals surface area contributed by atoms with Gasteiger partial charge in [-0.3, -0.25) is 4.79 Å². The van der Waals surface area contributed by atoms with Crippen molar-refractivity contribution in [1.82, 2.24) is 5.32 Å². The fourth-order valence-corrected chi connectivity index (χ4v) is 10.5. The highest BCUT2D eigenvalue weighted by molar-refractivity contribution is 5.76. The fraction of sp³-hybridized carbons (Fsp3) is 0.984. The lowest BCUT2D eigenvalue weighted by Gasteiger charge is -2.40. The van der Waals surface area contributed by atoms with E-state index in [2.05, 4.69) is 19.2 Å². The summed E-state index contributed by atoms with van der Waals surface area (Å²) in [5.41, 5.74) is 0. The van der Waals surface area contributed by atoms with Crippen LogP contribution in [0.3, 0.4) is 0 Å². The smallest absolute Gasteiger partial charge is 0.220 e. The molecule has 0 bridgehead atoms. The van der Waals surface area contributed by atoms with Crippen molar-refractivity contribution in [2.45, 2.75) is 371 Å². The van der Waals surface area contributed by atoms with E-state index in [0.717, 1.165) is 38.5 Å². The van der Waals surface area contributed by atoms with Gasteiger partial charge >= 0.3 is 0 Å². The van der Waals surface area contributed by atoms with E-state index in [9.17, 15) is 30.3 Å². The Morgan fingerprint density at radius 2 is 0.714 bits per heavy atom. The normalized spacial score (nSPS) is 19.2. The number of ether oxygens (including phenoxy) is 2. The number of rotatable bonds is 55. The van der Waals surface area contributed by atoms with Crippen molar-refractivity contribution >= 4 is 5.91 Å². The van der Waals surface area contributed by atoms with Gasteiger partial charge in [0.25, 0.3) is 0 Å². The van der Waals surface area contributed by atoms with Crippen LogP contribution in [0.15, 0.2) is 0 Å². The predicted octanol–water partition coefficient (Wildman–Crippen LogP) is 15.8. The molecule has 9 heteroatoms. The van der Waals surface area contributed by atoms with Gasteiger partial charge in [-0.1, -0.05) is 309 Å². The highest BCUT2D eigenvalue weighted by atomic mass is 16.7. The molecule has 1 aliphatic heterocycles. The second-order valence-electron chi connectivity index (χ2n) is 22.2. The van der Waals surface area contributed by atoms with Crippen LogP contribution >= 0.6 is 0 Å². The van der Waals surface area contributed by atoms with Gasteiger partial charge in [-0.05, 0) is 12.8 Å². The molecule has 0 saturated carbocycles. The van der Waals surface area contributed by atoms with Crippen molar-refractivity contribution in [3.8, 4) is 0 Å². The number of carbonyl (C=O) groups is 1. The van der Waals surface area contributed by atoms with Crippen LogP contribution in [0.2, 0.25) is 0 Å². The summed E-state index contributed by atoms with van der Waals surface area (Å²) < 4.78 is 11.3. The number of unbranched alkanes of at least 4 members (excludes halogenated alkanes) is 45. The summed E-state index contributed by atoms with van der Waals surface area (Å²) in [6.07, 6.45) is 55.7. The standard InChI is InChI=1S/C61H121NO8/c1-3-5-7-9-11-13-15-17-19-21-23-25-27-28-29-30-32-34-36-38-40-42-44-46-48-50-55(64)54(53-69-61-60(68)59(67)58(66)56(52-63)70-61)62-57(65)51-49-47-45-43-41-39-37-35-33-31-26-24-22-20-18-16-14-12-10-8-6-4-2/h54-56,58-61,63-64,66-68H,3-53H2,1-2H3,(H,62,65). The van der Waals surface area contributed by atoms with Gasteiger partial charge in [-0.2, -0.15) is 0 Å². The molecular weight excluding hydrogens is 875 g/mol. The molecule has 0 radical (unpaired) electrons. The van der Waals surface area contributed by atoms with Gasteiger partial charge in [-0.15, -0.1) is 0 Å². The van der Waals surface area contributed by atoms with Crippen LogP contribution in [0.5, 0.6) is 0 Å². The lowest BCUT2D eigenvalue weighted by Crippen LogP contribution is -2.60. The third-order valence-electron chi connectivity index (χ3n) is 15.5. The van der Waals surface area contributed by atoms with Gasteiger partial charge in [-0.25, -0.2) is 0 Å². The largest absolute Gasteiger partial charge is 0.394 e. The lowest BCUT2D eigenvalue weighted by atomic mass is 9.99. The Morgan fingerprint density at radius 1 is 0.429 bits per heavy atom. The summed E-state index contributed by atoms with van der Waals surface area (Å²) in [4.78, 5) is 13.1. The summed E-state index contributed by atoms with van der Waals surface area (Å²) in [5, 5.41) is 54.8. The van der Waals surface area contributed by atoms with Crippen molar-refractivity contribution in [3.05, 3.63) is 0 Å². The maximum atomic E-state index is 13.1. The zero-order valence-corrected chi connectivity index (χ0v) is 46.6. The molecule has 1 rings (SSSR count). The quantitative estimate of drug-likeness (QED) is 0.0330. The molecule has 1 aliphatic rings. The first-order chi connectivity index (χ1) is 34.3. The van der Waals surface area contributed by atoms with Crippen LogP contribution in [0.1, 0.15) is 328 Å². The summed E-state index contributed by atoms with van der Waals surface area (Å²) in [5.74, 6) is -0.135. The summed E-state index contributed by atoms with van der Waals surface area (Å²) >= 11 is 0. The van der Waals surface area contributed by atoms with Crippen molar-refractivity contribution in [3.63, 3.8) is 0 Å². The monoisotopic (exact) mass is 996 g/mol. The van der Waals surface area contributed by atoms with E-state index in [-0.39, 0.29) is 12.5 Å². The second kappa shape index (κ2) is 51.7. The van der Waals surface area contributed by atoms with Crippen molar-refractivity contribution in [2.24, 2.45) is 0 Å². The molecule has 418 valence electrons. The van der Waals surface area contributed by atoms with E-state index in [1.165, 1.54) is 263 Å². The average Bonchev–Trinajstić information content (AvgIpc) is 3.36. The Morgan fingerprint density at radius 3 is 1.01 bits per heavy atom. The molecule has 0 aromatic rings. The molecule has 0 aromatic heterocycles. The van der Waals surface area contributed by atoms with Crippen LogP contribution in [0.25, 0.3) is 0 Å². The van der Waals surface area contributed by atoms with Crippen LogP contribution in [-0.4, -0.2) is 87.5 Å². The zero-order valence-electron chi connectivity index (χ0n) is 46.6. The maximum absolute atomic E-state index is 13.1. The van der Waals surface area contributed by atoms with Crippen LogP contribution in [-0.2, 0) is 14.3 Å². The zero-order chi connectivity index (χ0) is 50.8. The second-order valence-corrected chi connectivity index (χ2v) is 22.2. The molecule has 1 fully saturated rings. The summed E-state index contributed by atoms with van der Waals surface area (Å²) in [7, 11) is 0. The Kier molecular flexibility index (Phi) is 49.6. The Balaban J connectivity index is 2.15. The topological polar surface area (TPSA) is 149 Å². The molecular formula is C61H121NO8. The van der Waals surface area contributed by atoms with E-state index in [1.54, 1.807) is 0 Å². The lowest BCUT2D eigenvalue weighted by molar-refractivity contribution is -0.302. The Bertz CT molecular complexity index is 1060. The van der Waals surface area contributed by atoms with Gasteiger partial charge in [0.15, 0.2) is 6.29 Å². The number of hydrogen-bond acceptors (Lipinski definition) is 8. The highest BCUT2D eigenvalue weighted by Crippen LogP contribution is 2.24. The molecule has 7 atom stereocenters. The maximum Gasteiger partial charge on any atom is 0.220 e. The minimum atomic E-state index is -1.55. The number of aliphatic hydroxyl groups excluding tert-OH is 5. The SMILES string of the molecule is CCCCCCCCCCCCCCCCCCCCCCCCCCCC(O)C(COC1OC(CO)C(O)C(O)C1O)NC(=O)CCCCCCCCCCCCCCCCCCCCCCCC. The van der Waals surface area contributed by atoms with Crippen LogP contribution in [0, 0.1) is 0 Å². The first-order valence-electron chi connectivity index (χ1n) is 31.2. The van der Waals surface area contributed by atoms with Gasteiger partial charge in [0, 0.05) is 6.42 Å². The van der Waals surface area contributed by atoms with Crippen molar-refractivity contribution < 1.29 is 39.8 Å². The van der Waals surface area contributed by atoms with Gasteiger partial charge in [0.1, 0.15) is 24.4 Å². The number of hydrogen-bond donors (Lipinski definition) is 6. The fourth-order valence-electron chi connectivity index (χ4n) is 10.5. The van der Waals surface area contributed by atoms with Crippen LogP contribution < -0.4 is 5.32 Å². The first kappa shape index (κ1) is 67.2. The van der Waals surface area contributed by atoms with Crippen molar-refractivity contribution in [2.75, 3.05) is 13.2 Å². The third kappa shape index (κ3) is 40.6. The molecule has 7 unspecified atom stereocenters. The highest BCUT2D eigenvalue weighted by Gasteiger charge is 2.44. The van der Waals surface area contributed by atoms with Gasteiger partial charge in [0.05, 0.1) is 25.4 Å². The molecule has 70 heavy (non-hydrogen) atoms. The van der Waals surface area contributed by atoms with E-state index in [1.807, 2.05) is 0 Å². The minimum Gasteiger partial charge on any atom is -0.394 e. The summed E-state index contributed by atoms with van der Waals surface area (Å²) in [6, 6.07) is -0.714. The summed E-state index contributed by atoms with van der Waals surface area (Å²) in [6.45, 7) is 3.90. The molecule has 0 aliphatic carbocycles. The predicted molar refractivity (Wildman–Crippen MR) is 295 cm³/mol. The molecule has 0 spiro atoms. The Hall–Kier alpha value is -0.810. The third-order valence-corrected chi connectivity index (χ3v) is 15.5. The minimum absolute atomic E-state index is 0.131. The van der Waals surface area contributed by atoms with E-state index in [4.69, 9.17) is 9.47 Å². The molecule has 0 aromatic carbocycles. The number of aliphatic hydroxyl groups is 5.